The quantitative estimate of drug-likeness (QED) is 0.595. The van der Waals surface area contributed by atoms with E-state index in [1.165, 1.54) is 0 Å². The summed E-state index contributed by atoms with van der Waals surface area (Å²) in [5.74, 6) is 0.358. The average Bonchev–Trinajstić information content (AvgIpc) is 3.00. The molecule has 0 aliphatic rings. The van der Waals surface area contributed by atoms with E-state index in [0.717, 1.165) is 11.3 Å². The second-order valence-corrected chi connectivity index (χ2v) is 5.60. The predicted octanol–water partition coefficient (Wildman–Crippen LogP) is 2.89. The van der Waals surface area contributed by atoms with Gasteiger partial charge in [0.2, 0.25) is 0 Å². The fourth-order valence-corrected chi connectivity index (χ4v) is 2.54. The van der Waals surface area contributed by atoms with Crippen LogP contribution in [0.15, 0.2) is 60.7 Å². The number of urea groups is 1. The van der Waals surface area contributed by atoms with Crippen molar-refractivity contribution in [1.82, 2.24) is 15.1 Å². The molecule has 0 saturated heterocycles. The van der Waals surface area contributed by atoms with Gasteiger partial charge < -0.3 is 21.1 Å². The Bertz CT molecular complexity index is 862. The standard InChI is InChI=1S/C19H21N5O2/c1-26-13-12-21-19(25)22-17-16(14-8-4-2-5-9-14)23-24(18(17)20)15-10-6-3-7-11-15/h2-11H,12-13,20H2,1H3,(H2,21,22,25). The number of nitrogens with zero attached hydrogens (tertiary/aromatic N) is 2. The third kappa shape index (κ3) is 3.84. The number of aromatic nitrogens is 2. The van der Waals surface area contributed by atoms with Gasteiger partial charge in [-0.25, -0.2) is 9.48 Å². The van der Waals surface area contributed by atoms with Gasteiger partial charge in [-0.3, -0.25) is 0 Å². The van der Waals surface area contributed by atoms with Crippen molar-refractivity contribution in [3.8, 4) is 16.9 Å². The van der Waals surface area contributed by atoms with Crippen molar-refractivity contribution in [2.75, 3.05) is 31.3 Å². The maximum atomic E-state index is 12.2. The minimum Gasteiger partial charge on any atom is -0.383 e. The van der Waals surface area contributed by atoms with Crippen LogP contribution in [0.2, 0.25) is 0 Å². The zero-order valence-corrected chi connectivity index (χ0v) is 14.5. The highest BCUT2D eigenvalue weighted by atomic mass is 16.5. The van der Waals surface area contributed by atoms with Crippen molar-refractivity contribution in [3.63, 3.8) is 0 Å². The molecule has 7 heteroatoms. The largest absolute Gasteiger partial charge is 0.383 e. The van der Waals surface area contributed by atoms with Crippen molar-refractivity contribution in [3.05, 3.63) is 60.7 Å². The van der Waals surface area contributed by atoms with Crippen LogP contribution in [-0.2, 0) is 4.74 Å². The number of amides is 2. The zero-order valence-electron chi connectivity index (χ0n) is 14.5. The highest BCUT2D eigenvalue weighted by Crippen LogP contribution is 2.33. The van der Waals surface area contributed by atoms with E-state index < -0.39 is 0 Å². The Balaban J connectivity index is 1.98. The second-order valence-electron chi connectivity index (χ2n) is 5.60. The van der Waals surface area contributed by atoms with Gasteiger partial charge in [0, 0.05) is 19.2 Å². The summed E-state index contributed by atoms with van der Waals surface area (Å²) in [4.78, 5) is 12.2. The molecule has 0 aliphatic carbocycles. The van der Waals surface area contributed by atoms with Crippen LogP contribution in [0.1, 0.15) is 0 Å². The number of anilines is 2. The number of carbonyl (C=O) groups excluding carboxylic acids is 1. The molecule has 26 heavy (non-hydrogen) atoms. The molecule has 134 valence electrons. The van der Waals surface area contributed by atoms with Crippen molar-refractivity contribution in [2.45, 2.75) is 0 Å². The number of nitrogens with two attached hydrogens (primary N) is 1. The second kappa shape index (κ2) is 8.17. The summed E-state index contributed by atoms with van der Waals surface area (Å²) in [6, 6.07) is 18.8. The SMILES string of the molecule is COCCNC(=O)Nc1c(-c2ccccc2)nn(-c2ccccc2)c1N. The highest BCUT2D eigenvalue weighted by Gasteiger charge is 2.19. The third-order valence-electron chi connectivity index (χ3n) is 3.80. The third-order valence-corrected chi connectivity index (χ3v) is 3.80. The smallest absolute Gasteiger partial charge is 0.319 e. The molecular weight excluding hydrogens is 330 g/mol. The van der Waals surface area contributed by atoms with Gasteiger partial charge in [-0.05, 0) is 12.1 Å². The molecular formula is C19H21N5O2. The van der Waals surface area contributed by atoms with E-state index in [9.17, 15) is 4.79 Å². The van der Waals surface area contributed by atoms with Gasteiger partial charge in [-0.15, -0.1) is 0 Å². The Labute approximate surface area is 151 Å². The van der Waals surface area contributed by atoms with E-state index in [0.29, 0.717) is 30.4 Å². The van der Waals surface area contributed by atoms with Crippen molar-refractivity contribution < 1.29 is 9.53 Å². The van der Waals surface area contributed by atoms with Crippen LogP contribution < -0.4 is 16.4 Å². The maximum absolute atomic E-state index is 12.2. The number of hydrogen-bond donors (Lipinski definition) is 3. The Hall–Kier alpha value is -3.32. The van der Waals surface area contributed by atoms with Gasteiger partial charge in [-0.1, -0.05) is 48.5 Å². The van der Waals surface area contributed by atoms with Gasteiger partial charge in [0.25, 0.3) is 0 Å². The molecule has 3 rings (SSSR count). The lowest BCUT2D eigenvalue weighted by molar-refractivity contribution is 0.198. The summed E-state index contributed by atoms with van der Waals surface area (Å²) in [5, 5.41) is 10.2. The van der Waals surface area contributed by atoms with Gasteiger partial charge in [0.1, 0.15) is 11.4 Å². The van der Waals surface area contributed by atoms with Crippen molar-refractivity contribution in [2.24, 2.45) is 0 Å². The summed E-state index contributed by atoms with van der Waals surface area (Å²) in [5.41, 5.74) is 9.06. The first kappa shape index (κ1) is 17.5. The molecule has 1 heterocycles. The van der Waals surface area contributed by atoms with E-state index in [-0.39, 0.29) is 6.03 Å². The molecule has 2 aromatic carbocycles. The molecule has 0 aliphatic heterocycles. The maximum Gasteiger partial charge on any atom is 0.319 e. The van der Waals surface area contributed by atoms with E-state index in [2.05, 4.69) is 15.7 Å². The molecule has 7 nitrogen and oxygen atoms in total. The zero-order chi connectivity index (χ0) is 18.4. The molecule has 0 fully saturated rings. The number of carbonyl (C=O) groups is 1. The minimum absolute atomic E-state index is 0.358. The number of para-hydroxylation sites is 1. The molecule has 0 bridgehead atoms. The lowest BCUT2D eigenvalue weighted by Gasteiger charge is -2.09. The number of rotatable bonds is 6. The van der Waals surface area contributed by atoms with Crippen LogP contribution in [0.5, 0.6) is 0 Å². The van der Waals surface area contributed by atoms with E-state index >= 15 is 0 Å². The van der Waals surface area contributed by atoms with E-state index in [1.807, 2.05) is 60.7 Å². The molecule has 1 aromatic heterocycles. The molecule has 3 aromatic rings. The fourth-order valence-electron chi connectivity index (χ4n) is 2.54. The fraction of sp³-hybridized carbons (Fsp3) is 0.158. The Morgan fingerprint density at radius 2 is 1.77 bits per heavy atom. The van der Waals surface area contributed by atoms with Crippen LogP contribution in [0.4, 0.5) is 16.3 Å². The lowest BCUT2D eigenvalue weighted by Crippen LogP contribution is -2.31. The normalized spacial score (nSPS) is 10.5. The highest BCUT2D eigenvalue weighted by molar-refractivity contribution is 5.97. The number of hydrogen-bond acceptors (Lipinski definition) is 4. The van der Waals surface area contributed by atoms with Crippen molar-refractivity contribution in [1.29, 1.82) is 0 Å². The van der Waals surface area contributed by atoms with E-state index in [1.54, 1.807) is 11.8 Å². The summed E-state index contributed by atoms with van der Waals surface area (Å²) in [7, 11) is 1.58. The summed E-state index contributed by atoms with van der Waals surface area (Å²) < 4.78 is 6.56. The summed E-state index contributed by atoms with van der Waals surface area (Å²) in [6.45, 7) is 0.827. The van der Waals surface area contributed by atoms with Crippen LogP contribution >= 0.6 is 0 Å². The molecule has 0 spiro atoms. The van der Waals surface area contributed by atoms with Gasteiger partial charge in [0.05, 0.1) is 12.3 Å². The molecule has 2 amide bonds. The number of ether oxygens (including phenoxy) is 1. The summed E-state index contributed by atoms with van der Waals surface area (Å²) >= 11 is 0. The molecule has 0 unspecified atom stereocenters. The lowest BCUT2D eigenvalue weighted by atomic mass is 10.1. The van der Waals surface area contributed by atoms with Crippen LogP contribution in [0, 0.1) is 0 Å². The Morgan fingerprint density at radius 1 is 1.12 bits per heavy atom. The van der Waals surface area contributed by atoms with Crippen LogP contribution in [0.25, 0.3) is 16.9 Å². The monoisotopic (exact) mass is 351 g/mol. The molecule has 0 radical (unpaired) electrons. The van der Waals surface area contributed by atoms with Crippen molar-refractivity contribution >= 4 is 17.5 Å². The number of methoxy groups -OCH3 is 1. The first-order valence-electron chi connectivity index (χ1n) is 8.24. The number of nitrogen functional groups attached to an aromatic ring is 1. The van der Waals surface area contributed by atoms with Gasteiger partial charge in [0.15, 0.2) is 5.82 Å². The average molecular weight is 351 g/mol. The summed E-state index contributed by atoms with van der Waals surface area (Å²) in [6.07, 6.45) is 0. The number of nitrogens with one attached hydrogen (secondary N) is 2. The van der Waals surface area contributed by atoms with Crippen LogP contribution in [-0.4, -0.2) is 36.1 Å². The van der Waals surface area contributed by atoms with Crippen LogP contribution in [0.3, 0.4) is 0 Å². The predicted molar refractivity (Wildman–Crippen MR) is 102 cm³/mol. The Morgan fingerprint density at radius 3 is 2.42 bits per heavy atom. The molecule has 0 saturated carbocycles. The first-order valence-corrected chi connectivity index (χ1v) is 8.24. The van der Waals surface area contributed by atoms with E-state index in [4.69, 9.17) is 10.5 Å². The minimum atomic E-state index is -0.362. The van der Waals surface area contributed by atoms with Gasteiger partial charge >= 0.3 is 6.03 Å². The topological polar surface area (TPSA) is 94.2 Å². The first-order chi connectivity index (χ1) is 12.7. The molecule has 4 N–H and O–H groups in total. The van der Waals surface area contributed by atoms with Gasteiger partial charge in [-0.2, -0.15) is 5.10 Å². The molecule has 0 atom stereocenters. The Kier molecular flexibility index (Phi) is 5.50. The number of benzene rings is 2.